The summed E-state index contributed by atoms with van der Waals surface area (Å²) in [5, 5.41) is -0.0382. The van der Waals surface area contributed by atoms with Crippen LogP contribution in [0.15, 0.2) is 34.2 Å². The molecule has 74 valence electrons. The lowest BCUT2D eigenvalue weighted by Crippen LogP contribution is -2.32. The summed E-state index contributed by atoms with van der Waals surface area (Å²) in [5.74, 6) is 0. The van der Waals surface area contributed by atoms with E-state index in [4.69, 9.17) is 11.6 Å². The zero-order valence-corrected chi connectivity index (χ0v) is 8.88. The third-order valence-electron chi connectivity index (χ3n) is 1.98. The molecule has 0 fully saturated rings. The minimum Gasteiger partial charge on any atom is -0.243 e. The molecule has 0 amide bonds. The molecule has 14 heavy (non-hydrogen) atoms. The van der Waals surface area contributed by atoms with Gasteiger partial charge >= 0.3 is 0 Å². The average molecular weight is 231 g/mol. The Hall–Kier alpha value is -1.07. The molecule has 4 nitrogen and oxygen atoms in total. The van der Waals surface area contributed by atoms with E-state index in [9.17, 15) is 8.42 Å². The van der Waals surface area contributed by atoms with Gasteiger partial charge in [0.05, 0.1) is 5.69 Å². The van der Waals surface area contributed by atoms with Gasteiger partial charge < -0.3 is 0 Å². The number of hydrogen-bond donors (Lipinski definition) is 0. The summed E-state index contributed by atoms with van der Waals surface area (Å²) < 4.78 is 24.5. The Morgan fingerprint density at radius 2 is 2.00 bits per heavy atom. The summed E-state index contributed by atoms with van der Waals surface area (Å²) in [6.45, 7) is 0. The van der Waals surface area contributed by atoms with Gasteiger partial charge in [-0.25, -0.2) is 17.7 Å². The molecule has 0 unspecified atom stereocenters. The number of para-hydroxylation sites is 1. The third-order valence-corrected chi connectivity index (χ3v) is 4.21. The Labute approximate surface area is 86.9 Å². The fourth-order valence-corrected chi connectivity index (χ4v) is 2.71. The van der Waals surface area contributed by atoms with Crippen LogP contribution in [0.2, 0.25) is 0 Å². The van der Waals surface area contributed by atoms with Crippen molar-refractivity contribution in [2.24, 2.45) is 4.99 Å². The number of rotatable bonds is 0. The second-order valence-corrected chi connectivity index (χ2v) is 5.10. The molecule has 1 heterocycles. The van der Waals surface area contributed by atoms with Gasteiger partial charge in [0, 0.05) is 7.05 Å². The quantitative estimate of drug-likeness (QED) is 0.635. The first-order chi connectivity index (χ1) is 6.53. The van der Waals surface area contributed by atoms with E-state index >= 15 is 0 Å². The summed E-state index contributed by atoms with van der Waals surface area (Å²) in [7, 11) is -2.13. The van der Waals surface area contributed by atoms with Crippen LogP contribution in [0.3, 0.4) is 0 Å². The van der Waals surface area contributed by atoms with E-state index in [1.807, 2.05) is 0 Å². The lowest BCUT2D eigenvalue weighted by atomic mass is 10.3. The van der Waals surface area contributed by atoms with E-state index < -0.39 is 10.0 Å². The molecule has 0 bridgehead atoms. The Morgan fingerprint density at radius 3 is 2.71 bits per heavy atom. The van der Waals surface area contributed by atoms with Gasteiger partial charge in [-0.15, -0.1) is 0 Å². The maximum Gasteiger partial charge on any atom is 0.268 e. The average Bonchev–Trinajstić information content (AvgIpc) is 2.15. The minimum atomic E-state index is -3.50. The fraction of sp³-hybridized carbons (Fsp3) is 0.125. The van der Waals surface area contributed by atoms with Crippen molar-refractivity contribution in [1.82, 2.24) is 4.31 Å². The molecule has 1 aromatic rings. The molecule has 1 aliphatic heterocycles. The van der Waals surface area contributed by atoms with Crippen LogP contribution in [-0.4, -0.2) is 25.1 Å². The van der Waals surface area contributed by atoms with Crippen molar-refractivity contribution in [1.29, 1.82) is 0 Å². The molecule has 0 radical (unpaired) electrons. The molecule has 2 rings (SSSR count). The van der Waals surface area contributed by atoms with Gasteiger partial charge in [-0.05, 0) is 23.7 Å². The van der Waals surface area contributed by atoms with Crippen LogP contribution in [0.1, 0.15) is 0 Å². The van der Waals surface area contributed by atoms with Gasteiger partial charge in [-0.2, -0.15) is 0 Å². The first kappa shape index (κ1) is 9.48. The van der Waals surface area contributed by atoms with Gasteiger partial charge in [-0.1, -0.05) is 12.1 Å². The maximum absolute atomic E-state index is 11.8. The summed E-state index contributed by atoms with van der Waals surface area (Å²) in [6, 6.07) is 6.49. The summed E-state index contributed by atoms with van der Waals surface area (Å²) >= 11 is 5.68. The number of halogens is 1. The number of benzene rings is 1. The second kappa shape index (κ2) is 2.96. The van der Waals surface area contributed by atoms with Crippen molar-refractivity contribution in [3.05, 3.63) is 24.3 Å². The van der Waals surface area contributed by atoms with Crippen LogP contribution in [-0.2, 0) is 10.0 Å². The van der Waals surface area contributed by atoms with Crippen LogP contribution in [0, 0.1) is 0 Å². The van der Waals surface area contributed by atoms with E-state index in [0.29, 0.717) is 5.69 Å². The highest BCUT2D eigenvalue weighted by Gasteiger charge is 2.29. The molecule has 0 spiro atoms. The zero-order chi connectivity index (χ0) is 10.3. The van der Waals surface area contributed by atoms with Gasteiger partial charge in [-0.3, -0.25) is 0 Å². The van der Waals surface area contributed by atoms with E-state index in [0.717, 1.165) is 4.31 Å². The van der Waals surface area contributed by atoms with E-state index in [1.165, 1.54) is 13.1 Å². The molecular weight excluding hydrogens is 224 g/mol. The van der Waals surface area contributed by atoms with Crippen molar-refractivity contribution in [3.63, 3.8) is 0 Å². The molecule has 0 N–H and O–H groups in total. The molecule has 1 aromatic carbocycles. The van der Waals surface area contributed by atoms with Crippen molar-refractivity contribution in [2.75, 3.05) is 7.05 Å². The number of fused-ring (bicyclic) bond motifs is 1. The largest absolute Gasteiger partial charge is 0.268 e. The number of amidine groups is 1. The van der Waals surface area contributed by atoms with Crippen molar-refractivity contribution < 1.29 is 8.42 Å². The van der Waals surface area contributed by atoms with Crippen LogP contribution < -0.4 is 0 Å². The first-order valence-corrected chi connectivity index (χ1v) is 5.67. The number of sulfonamides is 1. The van der Waals surface area contributed by atoms with Crippen molar-refractivity contribution in [3.8, 4) is 0 Å². The summed E-state index contributed by atoms with van der Waals surface area (Å²) in [4.78, 5) is 4.14. The normalized spacial score (nSPS) is 18.7. The monoisotopic (exact) mass is 230 g/mol. The van der Waals surface area contributed by atoms with E-state index in [2.05, 4.69) is 4.99 Å². The molecule has 0 saturated carbocycles. The van der Waals surface area contributed by atoms with Crippen LogP contribution in [0.4, 0.5) is 5.69 Å². The fourth-order valence-electron chi connectivity index (χ4n) is 1.18. The summed E-state index contributed by atoms with van der Waals surface area (Å²) in [5.41, 5.74) is 0.385. The molecule has 0 aromatic heterocycles. The van der Waals surface area contributed by atoms with Crippen LogP contribution in [0.5, 0.6) is 0 Å². The third kappa shape index (κ3) is 1.20. The number of aliphatic imine (C=N–C) groups is 1. The highest BCUT2D eigenvalue weighted by Crippen LogP contribution is 2.31. The molecule has 1 aliphatic rings. The molecular formula is C8H7ClN2O2S. The smallest absolute Gasteiger partial charge is 0.243 e. The Bertz CT molecular complexity index is 510. The predicted octanol–water partition coefficient (Wildman–Crippen LogP) is 1.55. The lowest BCUT2D eigenvalue weighted by molar-refractivity contribution is 0.552. The van der Waals surface area contributed by atoms with E-state index in [-0.39, 0.29) is 10.2 Å². The van der Waals surface area contributed by atoms with Gasteiger partial charge in [0.15, 0.2) is 0 Å². The highest BCUT2D eigenvalue weighted by molar-refractivity contribution is 7.90. The molecule has 0 saturated heterocycles. The van der Waals surface area contributed by atoms with Crippen molar-refractivity contribution >= 4 is 32.6 Å². The van der Waals surface area contributed by atoms with Crippen LogP contribution >= 0.6 is 11.6 Å². The van der Waals surface area contributed by atoms with E-state index in [1.54, 1.807) is 18.2 Å². The highest BCUT2D eigenvalue weighted by atomic mass is 35.5. The molecule has 0 aliphatic carbocycles. The SMILES string of the molecule is CN1C(Cl)=Nc2ccccc2S1(=O)=O. The van der Waals surface area contributed by atoms with Gasteiger partial charge in [0.25, 0.3) is 10.0 Å². The Morgan fingerprint density at radius 1 is 1.36 bits per heavy atom. The summed E-state index contributed by atoms with van der Waals surface area (Å²) in [6.07, 6.45) is 0. The topological polar surface area (TPSA) is 49.7 Å². The molecule has 6 heteroatoms. The van der Waals surface area contributed by atoms with Crippen molar-refractivity contribution in [2.45, 2.75) is 4.90 Å². The van der Waals surface area contributed by atoms with Gasteiger partial charge in [0.1, 0.15) is 4.90 Å². The van der Waals surface area contributed by atoms with Crippen LogP contribution in [0.25, 0.3) is 0 Å². The lowest BCUT2D eigenvalue weighted by Gasteiger charge is -2.22. The number of nitrogens with zero attached hydrogens (tertiary/aromatic N) is 2. The first-order valence-electron chi connectivity index (χ1n) is 3.85. The molecule has 0 atom stereocenters. The zero-order valence-electron chi connectivity index (χ0n) is 7.31. The predicted molar refractivity (Wildman–Crippen MR) is 54.3 cm³/mol. The number of hydrogen-bond acceptors (Lipinski definition) is 3. The second-order valence-electron chi connectivity index (χ2n) is 2.82. The Kier molecular flexibility index (Phi) is 2.01. The Balaban J connectivity index is 2.79. The van der Waals surface area contributed by atoms with Gasteiger partial charge in [0.2, 0.25) is 5.29 Å². The standard InChI is InChI=1S/C8H7ClN2O2S/c1-11-8(9)10-6-4-2-3-5-7(6)14(11,12)13/h2-5H,1H3. The maximum atomic E-state index is 11.8. The minimum absolute atomic E-state index is 0.0382.